The molecule has 0 aliphatic rings. The third-order valence-corrected chi connectivity index (χ3v) is 0. The summed E-state index contributed by atoms with van der Waals surface area (Å²) in [7, 11) is -4.67. The summed E-state index contributed by atoms with van der Waals surface area (Å²) in [6.45, 7) is 1.93. The van der Waals surface area contributed by atoms with Gasteiger partial charge in [-0.3, -0.25) is 9.11 Å². The zero-order valence-electron chi connectivity index (χ0n) is 4.77. The number of hydrogen-bond donors (Lipinski definition) is 3. The van der Waals surface area contributed by atoms with Crippen LogP contribution in [0.1, 0.15) is 6.92 Å². The van der Waals surface area contributed by atoms with E-state index < -0.39 is 10.4 Å². The Kier molecular flexibility index (Phi) is 15.4. The average Bonchev–Trinajstić information content (AvgIpc) is 1.27. The van der Waals surface area contributed by atoms with Crippen LogP contribution >= 0.6 is 0 Å². The Hall–Kier alpha value is 0.544. The van der Waals surface area contributed by atoms with Crippen LogP contribution in [0.15, 0.2) is 0 Å². The molecule has 0 aromatic rings. The topological polar surface area (TPSA) is 94.8 Å². The standard InChI is InChI=1S/C2H6O.H2O4S.Ti/c1-2-3;1-5(2,3)4;/h3H,2H2,1H3;(H2,1,2,3,4);. The second-order valence-corrected chi connectivity index (χ2v) is 1.66. The fourth-order valence-corrected chi connectivity index (χ4v) is 0. The van der Waals surface area contributed by atoms with E-state index in [0.717, 1.165) is 0 Å². The van der Waals surface area contributed by atoms with Gasteiger partial charge in [0.25, 0.3) is 0 Å². The van der Waals surface area contributed by atoms with Gasteiger partial charge in [-0.2, -0.15) is 8.42 Å². The van der Waals surface area contributed by atoms with E-state index in [1.54, 1.807) is 6.92 Å². The summed E-state index contributed by atoms with van der Waals surface area (Å²) in [4.78, 5) is 0. The molecule has 0 aliphatic heterocycles. The number of aliphatic hydroxyl groups excluding tert-OH is 1. The third-order valence-electron chi connectivity index (χ3n) is 0. The molecule has 0 atom stereocenters. The van der Waals surface area contributed by atoms with Gasteiger partial charge in [0.05, 0.1) is 0 Å². The first-order valence-corrected chi connectivity index (χ1v) is 3.12. The SMILES string of the molecule is CCO.O=S(=O)(O)O.[Ti]. The minimum Gasteiger partial charge on any atom is -0.397 e. The molecule has 3 N–H and O–H groups in total. The van der Waals surface area contributed by atoms with Crippen molar-refractivity contribution in [3.05, 3.63) is 0 Å². The molecule has 0 aromatic heterocycles. The molecule has 0 unspecified atom stereocenters. The van der Waals surface area contributed by atoms with Gasteiger partial charge < -0.3 is 5.11 Å². The summed E-state index contributed by atoms with van der Waals surface area (Å²) in [5, 5.41) is 7.57. The van der Waals surface area contributed by atoms with Crippen molar-refractivity contribution in [2.24, 2.45) is 0 Å². The third kappa shape index (κ3) is 1240. The van der Waals surface area contributed by atoms with Crippen LogP contribution in [0.3, 0.4) is 0 Å². The van der Waals surface area contributed by atoms with Crippen molar-refractivity contribution in [1.29, 1.82) is 0 Å². The Morgan fingerprint density at radius 1 is 1.33 bits per heavy atom. The Labute approximate surface area is 68.5 Å². The fourth-order valence-electron chi connectivity index (χ4n) is 0. The predicted molar refractivity (Wildman–Crippen MR) is 26.9 cm³/mol. The van der Waals surface area contributed by atoms with Crippen molar-refractivity contribution in [1.82, 2.24) is 0 Å². The van der Waals surface area contributed by atoms with E-state index in [0.29, 0.717) is 0 Å². The van der Waals surface area contributed by atoms with E-state index in [-0.39, 0.29) is 28.3 Å². The molecule has 0 aromatic carbocycles. The second kappa shape index (κ2) is 8.54. The average molecular weight is 192 g/mol. The number of rotatable bonds is 0. The quantitative estimate of drug-likeness (QED) is 0.350. The summed E-state index contributed by atoms with van der Waals surface area (Å²) < 4.78 is 31.6. The molecule has 9 heavy (non-hydrogen) atoms. The van der Waals surface area contributed by atoms with Crippen LogP contribution in [0, 0.1) is 0 Å². The molecule has 0 rings (SSSR count). The molecular formula is C2H8O5STi. The smallest absolute Gasteiger partial charge is 0.394 e. The molecule has 0 heterocycles. The van der Waals surface area contributed by atoms with Crippen LogP contribution in [-0.2, 0) is 32.1 Å². The summed E-state index contributed by atoms with van der Waals surface area (Å²) in [6.07, 6.45) is 0. The zero-order valence-corrected chi connectivity index (χ0v) is 7.15. The minimum absolute atomic E-state index is 0. The number of hydrogen-bond acceptors (Lipinski definition) is 3. The maximum absolute atomic E-state index is 8.74. The molecule has 0 radical (unpaired) electrons. The van der Waals surface area contributed by atoms with Gasteiger partial charge in [0, 0.05) is 28.3 Å². The molecule has 0 spiro atoms. The van der Waals surface area contributed by atoms with Gasteiger partial charge in [-0.25, -0.2) is 0 Å². The van der Waals surface area contributed by atoms with Crippen molar-refractivity contribution in [2.45, 2.75) is 6.92 Å². The molecule has 0 fully saturated rings. The van der Waals surface area contributed by atoms with E-state index >= 15 is 0 Å². The van der Waals surface area contributed by atoms with E-state index in [9.17, 15) is 0 Å². The largest absolute Gasteiger partial charge is 0.397 e. The molecule has 0 amide bonds. The summed E-state index contributed by atoms with van der Waals surface area (Å²) in [5.41, 5.74) is 0. The Morgan fingerprint density at radius 3 is 1.33 bits per heavy atom. The van der Waals surface area contributed by atoms with Crippen LogP contribution in [0.2, 0.25) is 0 Å². The van der Waals surface area contributed by atoms with Gasteiger partial charge in [0.15, 0.2) is 0 Å². The van der Waals surface area contributed by atoms with Crippen LogP contribution in [-0.4, -0.2) is 29.2 Å². The summed E-state index contributed by atoms with van der Waals surface area (Å²) in [5.74, 6) is 0. The Morgan fingerprint density at radius 2 is 1.33 bits per heavy atom. The van der Waals surface area contributed by atoms with E-state index in [2.05, 4.69) is 0 Å². The van der Waals surface area contributed by atoms with Crippen LogP contribution in [0.5, 0.6) is 0 Å². The molecule has 0 bridgehead atoms. The van der Waals surface area contributed by atoms with Gasteiger partial charge in [0.1, 0.15) is 0 Å². The zero-order chi connectivity index (χ0) is 7.21. The maximum atomic E-state index is 8.74. The minimum atomic E-state index is -4.67. The summed E-state index contributed by atoms with van der Waals surface area (Å²) in [6, 6.07) is 0. The van der Waals surface area contributed by atoms with Crippen LogP contribution in [0.25, 0.3) is 0 Å². The van der Waals surface area contributed by atoms with Gasteiger partial charge >= 0.3 is 10.4 Å². The Bertz CT molecular complexity index is 109. The monoisotopic (exact) mass is 192 g/mol. The number of aliphatic hydroxyl groups is 1. The normalized spacial score (nSPS) is 8.44. The van der Waals surface area contributed by atoms with Crippen molar-refractivity contribution in [3.63, 3.8) is 0 Å². The van der Waals surface area contributed by atoms with Crippen molar-refractivity contribution >= 4 is 10.4 Å². The fraction of sp³-hybridized carbons (Fsp3) is 1.00. The van der Waals surface area contributed by atoms with Crippen molar-refractivity contribution in [3.8, 4) is 0 Å². The van der Waals surface area contributed by atoms with Crippen LogP contribution in [0.4, 0.5) is 0 Å². The first-order valence-electron chi connectivity index (χ1n) is 1.72. The molecule has 0 saturated heterocycles. The summed E-state index contributed by atoms with van der Waals surface area (Å²) >= 11 is 0. The first-order chi connectivity index (χ1) is 3.41. The van der Waals surface area contributed by atoms with E-state index in [1.807, 2.05) is 0 Å². The van der Waals surface area contributed by atoms with Gasteiger partial charge in [-0.1, -0.05) is 0 Å². The van der Waals surface area contributed by atoms with Gasteiger partial charge in [-0.05, 0) is 6.92 Å². The van der Waals surface area contributed by atoms with Crippen LogP contribution < -0.4 is 0 Å². The molecule has 7 heteroatoms. The molecule has 0 saturated carbocycles. The van der Waals surface area contributed by atoms with Gasteiger partial charge in [-0.15, -0.1) is 0 Å². The van der Waals surface area contributed by atoms with E-state index in [1.165, 1.54) is 0 Å². The van der Waals surface area contributed by atoms with Crippen molar-refractivity contribution in [2.75, 3.05) is 6.61 Å². The first kappa shape index (κ1) is 16.3. The second-order valence-electron chi connectivity index (χ2n) is 0.764. The molecule has 0 aliphatic carbocycles. The van der Waals surface area contributed by atoms with Crippen molar-refractivity contribution < 1.29 is 44.3 Å². The van der Waals surface area contributed by atoms with Gasteiger partial charge in [0.2, 0.25) is 0 Å². The molecule has 56 valence electrons. The molecular weight excluding hydrogens is 184 g/mol. The van der Waals surface area contributed by atoms with E-state index in [4.69, 9.17) is 22.6 Å². The molecule has 5 nitrogen and oxygen atoms in total. The Balaban J connectivity index is -0.0000000800. The maximum Gasteiger partial charge on any atom is 0.394 e. The predicted octanol–water partition coefficient (Wildman–Crippen LogP) is -0.657.